The summed E-state index contributed by atoms with van der Waals surface area (Å²) in [5.41, 5.74) is 2.31. The number of carbonyl (C=O) groups excluding carboxylic acids is 1. The van der Waals surface area contributed by atoms with Crippen molar-refractivity contribution in [3.05, 3.63) is 32.7 Å². The Labute approximate surface area is 102 Å². The summed E-state index contributed by atoms with van der Waals surface area (Å²) in [5.74, 6) is -0.201. The Hall–Kier alpha value is -1.33. The molecule has 0 spiro atoms. The Morgan fingerprint density at radius 1 is 1.56 bits per heavy atom. The lowest BCUT2D eigenvalue weighted by atomic mass is 10.3. The Bertz CT molecular complexity index is 512. The molecule has 0 aliphatic rings. The average Bonchev–Trinajstić information content (AvgIpc) is 2.79. The zero-order valence-corrected chi connectivity index (χ0v) is 10.4. The number of thiophene rings is 1. The molecule has 0 saturated heterocycles. The van der Waals surface area contributed by atoms with Gasteiger partial charge in [0.25, 0.3) is 5.91 Å². The third-order valence-corrected chi connectivity index (χ3v) is 3.53. The molecule has 0 radical (unpaired) electrons. The van der Waals surface area contributed by atoms with Gasteiger partial charge in [-0.25, -0.2) is 0 Å². The number of aryl methyl sites for hydroxylation is 2. The lowest BCUT2D eigenvalue weighted by Crippen LogP contribution is -2.11. The zero-order chi connectivity index (χ0) is 11.7. The molecule has 0 saturated carbocycles. The van der Waals surface area contributed by atoms with Gasteiger partial charge in [0, 0.05) is 0 Å². The van der Waals surface area contributed by atoms with Gasteiger partial charge in [-0.3, -0.25) is 9.89 Å². The molecule has 84 valence electrons. The highest BCUT2D eigenvalue weighted by atomic mass is 35.5. The lowest BCUT2D eigenvalue weighted by molar-refractivity contribution is 0.103. The summed E-state index contributed by atoms with van der Waals surface area (Å²) in [5, 5.41) is 11.9. The largest absolute Gasteiger partial charge is 0.318 e. The van der Waals surface area contributed by atoms with Crippen molar-refractivity contribution in [2.24, 2.45) is 0 Å². The van der Waals surface area contributed by atoms with E-state index in [1.807, 2.05) is 13.8 Å². The fourth-order valence-corrected chi connectivity index (χ4v) is 2.40. The summed E-state index contributed by atoms with van der Waals surface area (Å²) in [6.45, 7) is 3.68. The van der Waals surface area contributed by atoms with Gasteiger partial charge in [-0.15, -0.1) is 11.3 Å². The van der Waals surface area contributed by atoms with Crippen molar-refractivity contribution in [3.8, 4) is 0 Å². The van der Waals surface area contributed by atoms with Gasteiger partial charge in [0.2, 0.25) is 0 Å². The maximum atomic E-state index is 11.9. The van der Waals surface area contributed by atoms with E-state index in [0.29, 0.717) is 9.90 Å². The van der Waals surface area contributed by atoms with E-state index in [4.69, 9.17) is 11.6 Å². The van der Waals surface area contributed by atoms with E-state index >= 15 is 0 Å². The highest BCUT2D eigenvalue weighted by Gasteiger charge is 2.15. The fourth-order valence-electron chi connectivity index (χ4n) is 1.36. The molecule has 2 rings (SSSR count). The SMILES string of the molecule is Cc1n[nH]c(C)c1NC(=O)c1sccc1Cl. The second-order valence-corrected chi connectivity index (χ2v) is 4.68. The van der Waals surface area contributed by atoms with Crippen molar-refractivity contribution >= 4 is 34.5 Å². The molecule has 0 aromatic carbocycles. The molecule has 16 heavy (non-hydrogen) atoms. The third kappa shape index (κ3) is 1.96. The van der Waals surface area contributed by atoms with Gasteiger partial charge in [0.15, 0.2) is 0 Å². The molecule has 0 aliphatic carbocycles. The van der Waals surface area contributed by atoms with E-state index in [9.17, 15) is 4.79 Å². The van der Waals surface area contributed by atoms with Crippen LogP contribution in [0.3, 0.4) is 0 Å². The van der Waals surface area contributed by atoms with Crippen molar-refractivity contribution in [2.75, 3.05) is 5.32 Å². The second-order valence-electron chi connectivity index (χ2n) is 3.36. The van der Waals surface area contributed by atoms with Crippen molar-refractivity contribution in [1.82, 2.24) is 10.2 Å². The molecule has 0 atom stereocenters. The van der Waals surface area contributed by atoms with Crippen LogP contribution in [0.5, 0.6) is 0 Å². The van der Waals surface area contributed by atoms with Crippen LogP contribution in [-0.2, 0) is 0 Å². The van der Waals surface area contributed by atoms with Gasteiger partial charge < -0.3 is 5.32 Å². The van der Waals surface area contributed by atoms with Crippen LogP contribution in [0.1, 0.15) is 21.1 Å². The van der Waals surface area contributed by atoms with Gasteiger partial charge >= 0.3 is 0 Å². The van der Waals surface area contributed by atoms with Crippen LogP contribution in [-0.4, -0.2) is 16.1 Å². The van der Waals surface area contributed by atoms with Crippen LogP contribution in [0, 0.1) is 13.8 Å². The molecule has 6 heteroatoms. The minimum atomic E-state index is -0.201. The van der Waals surface area contributed by atoms with E-state index in [1.165, 1.54) is 11.3 Å². The number of nitrogens with zero attached hydrogens (tertiary/aromatic N) is 1. The highest BCUT2D eigenvalue weighted by Crippen LogP contribution is 2.24. The number of rotatable bonds is 2. The maximum absolute atomic E-state index is 11.9. The first kappa shape index (κ1) is 11.2. The molecule has 0 aliphatic heterocycles. The monoisotopic (exact) mass is 255 g/mol. The predicted molar refractivity (Wildman–Crippen MR) is 65.3 cm³/mol. The standard InChI is InChI=1S/C10H10ClN3OS/c1-5-8(6(2)14-13-5)12-10(15)9-7(11)3-4-16-9/h3-4H,1-2H3,(H,12,15)(H,13,14). The Morgan fingerprint density at radius 3 is 2.81 bits per heavy atom. The lowest BCUT2D eigenvalue weighted by Gasteiger charge is -2.03. The second kappa shape index (κ2) is 4.27. The summed E-state index contributed by atoms with van der Waals surface area (Å²) in [7, 11) is 0. The van der Waals surface area contributed by atoms with Gasteiger partial charge in [-0.2, -0.15) is 5.10 Å². The van der Waals surface area contributed by atoms with Gasteiger partial charge in [0.05, 0.1) is 22.1 Å². The molecule has 0 unspecified atom stereocenters. The van der Waals surface area contributed by atoms with E-state index in [0.717, 1.165) is 17.1 Å². The van der Waals surface area contributed by atoms with Crippen LogP contribution >= 0.6 is 22.9 Å². The zero-order valence-electron chi connectivity index (χ0n) is 8.80. The number of nitrogens with one attached hydrogen (secondary N) is 2. The smallest absolute Gasteiger partial charge is 0.267 e. The van der Waals surface area contributed by atoms with Crippen LogP contribution in [0.25, 0.3) is 0 Å². The first-order valence-electron chi connectivity index (χ1n) is 4.65. The quantitative estimate of drug-likeness (QED) is 0.867. The number of carbonyl (C=O) groups is 1. The number of halogens is 1. The number of amides is 1. The Balaban J connectivity index is 2.24. The van der Waals surface area contributed by atoms with Crippen molar-refractivity contribution in [1.29, 1.82) is 0 Å². The van der Waals surface area contributed by atoms with Gasteiger partial charge in [-0.1, -0.05) is 11.6 Å². The van der Waals surface area contributed by atoms with Gasteiger partial charge in [-0.05, 0) is 25.3 Å². The average molecular weight is 256 g/mol. The molecular formula is C10H10ClN3OS. The molecule has 1 amide bonds. The number of hydrogen-bond donors (Lipinski definition) is 2. The Kier molecular flexibility index (Phi) is 2.98. The molecule has 4 nitrogen and oxygen atoms in total. The van der Waals surface area contributed by atoms with E-state index < -0.39 is 0 Å². The molecule has 0 bridgehead atoms. The molecule has 2 aromatic rings. The summed E-state index contributed by atoms with van der Waals surface area (Å²) >= 11 is 7.20. The summed E-state index contributed by atoms with van der Waals surface area (Å²) in [6.07, 6.45) is 0. The van der Waals surface area contributed by atoms with Crippen molar-refractivity contribution < 1.29 is 4.79 Å². The van der Waals surface area contributed by atoms with E-state index in [1.54, 1.807) is 11.4 Å². The number of aromatic nitrogens is 2. The summed E-state index contributed by atoms with van der Waals surface area (Å²) in [6, 6.07) is 1.70. The predicted octanol–water partition coefficient (Wildman–Crippen LogP) is 2.99. The molecule has 2 N–H and O–H groups in total. The van der Waals surface area contributed by atoms with Crippen molar-refractivity contribution in [3.63, 3.8) is 0 Å². The van der Waals surface area contributed by atoms with E-state index in [2.05, 4.69) is 15.5 Å². The molecular weight excluding hydrogens is 246 g/mol. The van der Waals surface area contributed by atoms with Gasteiger partial charge in [0.1, 0.15) is 4.88 Å². The number of anilines is 1. The number of hydrogen-bond acceptors (Lipinski definition) is 3. The Morgan fingerprint density at radius 2 is 2.31 bits per heavy atom. The molecule has 2 aromatic heterocycles. The van der Waals surface area contributed by atoms with Crippen LogP contribution in [0.2, 0.25) is 5.02 Å². The van der Waals surface area contributed by atoms with Crippen LogP contribution in [0.4, 0.5) is 5.69 Å². The first-order chi connectivity index (χ1) is 7.59. The van der Waals surface area contributed by atoms with Crippen molar-refractivity contribution in [2.45, 2.75) is 13.8 Å². The number of H-pyrrole nitrogens is 1. The number of aromatic amines is 1. The molecule has 2 heterocycles. The maximum Gasteiger partial charge on any atom is 0.267 e. The van der Waals surface area contributed by atoms with E-state index in [-0.39, 0.29) is 5.91 Å². The third-order valence-electron chi connectivity index (χ3n) is 2.19. The topological polar surface area (TPSA) is 57.8 Å². The summed E-state index contributed by atoms with van der Waals surface area (Å²) in [4.78, 5) is 12.4. The van der Waals surface area contributed by atoms with Crippen LogP contribution in [0.15, 0.2) is 11.4 Å². The van der Waals surface area contributed by atoms with Crippen LogP contribution < -0.4 is 5.32 Å². The normalized spacial score (nSPS) is 10.4. The minimum Gasteiger partial charge on any atom is -0.318 e. The first-order valence-corrected chi connectivity index (χ1v) is 5.91. The summed E-state index contributed by atoms with van der Waals surface area (Å²) < 4.78 is 0. The minimum absolute atomic E-state index is 0.201. The molecule has 0 fully saturated rings. The highest BCUT2D eigenvalue weighted by molar-refractivity contribution is 7.12. The fraction of sp³-hybridized carbons (Fsp3) is 0.200.